The lowest BCUT2D eigenvalue weighted by atomic mass is 9.95. The van der Waals surface area contributed by atoms with E-state index in [1.54, 1.807) is 5.57 Å². The third kappa shape index (κ3) is 2.24. The third-order valence-corrected chi connectivity index (χ3v) is 5.73. The molecule has 98 valence electrons. The van der Waals surface area contributed by atoms with E-state index in [-0.39, 0.29) is 0 Å². The van der Waals surface area contributed by atoms with Crippen LogP contribution in [0.3, 0.4) is 0 Å². The Labute approximate surface area is 112 Å². The highest BCUT2D eigenvalue weighted by Crippen LogP contribution is 2.48. The Morgan fingerprint density at radius 2 is 1.67 bits per heavy atom. The maximum atomic E-state index is 3.70. The Bertz CT molecular complexity index is 394. The van der Waals surface area contributed by atoms with Crippen molar-refractivity contribution in [3.8, 4) is 0 Å². The summed E-state index contributed by atoms with van der Waals surface area (Å²) in [6.07, 6.45) is 13.9. The zero-order valence-corrected chi connectivity index (χ0v) is 11.8. The summed E-state index contributed by atoms with van der Waals surface area (Å²) in [4.78, 5) is 0. The van der Waals surface area contributed by atoms with E-state index in [9.17, 15) is 0 Å². The summed E-state index contributed by atoms with van der Waals surface area (Å²) in [5.41, 5.74) is 6.34. The van der Waals surface area contributed by atoms with Gasteiger partial charge in [-0.2, -0.15) is 0 Å². The second kappa shape index (κ2) is 5.10. The van der Waals surface area contributed by atoms with Crippen LogP contribution in [0.5, 0.6) is 0 Å². The molecule has 0 heteroatoms. The SMILES string of the molecule is C/C=C1\CC2CCC1C2.C=C=C1CC2CCC1C2. The van der Waals surface area contributed by atoms with Gasteiger partial charge in [0.1, 0.15) is 0 Å². The van der Waals surface area contributed by atoms with Crippen molar-refractivity contribution >= 4 is 0 Å². The summed E-state index contributed by atoms with van der Waals surface area (Å²) in [6.45, 7) is 5.89. The minimum Gasteiger partial charge on any atom is -0.129 e. The van der Waals surface area contributed by atoms with E-state index in [0.717, 1.165) is 23.7 Å². The number of fused-ring (bicyclic) bond motifs is 4. The summed E-state index contributed by atoms with van der Waals surface area (Å²) in [5.74, 6) is 4.01. The van der Waals surface area contributed by atoms with E-state index in [4.69, 9.17) is 0 Å². The van der Waals surface area contributed by atoms with Gasteiger partial charge in [-0.25, -0.2) is 0 Å². The van der Waals surface area contributed by atoms with Crippen LogP contribution in [0.15, 0.2) is 29.5 Å². The molecule has 4 aliphatic carbocycles. The van der Waals surface area contributed by atoms with Gasteiger partial charge in [0.15, 0.2) is 0 Å². The minimum atomic E-state index is 0.896. The second-order valence-corrected chi connectivity index (χ2v) is 6.73. The van der Waals surface area contributed by atoms with Crippen LogP contribution >= 0.6 is 0 Å². The third-order valence-electron chi connectivity index (χ3n) is 5.73. The van der Waals surface area contributed by atoms with Gasteiger partial charge in [-0.1, -0.05) is 18.2 Å². The first kappa shape index (κ1) is 12.3. The predicted octanol–water partition coefficient (Wildman–Crippen LogP) is 5.27. The van der Waals surface area contributed by atoms with Gasteiger partial charge in [-0.15, -0.1) is 5.73 Å². The number of hydrogen-bond donors (Lipinski definition) is 0. The molecular formula is C18H26. The topological polar surface area (TPSA) is 0 Å². The molecule has 0 saturated heterocycles. The van der Waals surface area contributed by atoms with Crippen LogP contribution in [0.25, 0.3) is 0 Å². The van der Waals surface area contributed by atoms with E-state index in [0.29, 0.717) is 0 Å². The first-order valence-electron chi connectivity index (χ1n) is 7.84. The molecule has 0 radical (unpaired) electrons. The van der Waals surface area contributed by atoms with Crippen molar-refractivity contribution in [2.75, 3.05) is 0 Å². The van der Waals surface area contributed by atoms with Gasteiger partial charge in [0.2, 0.25) is 0 Å². The number of rotatable bonds is 0. The predicted molar refractivity (Wildman–Crippen MR) is 77.3 cm³/mol. The van der Waals surface area contributed by atoms with E-state index in [1.807, 2.05) is 0 Å². The van der Waals surface area contributed by atoms with Crippen molar-refractivity contribution in [2.24, 2.45) is 23.7 Å². The van der Waals surface area contributed by atoms with Crippen molar-refractivity contribution < 1.29 is 0 Å². The fourth-order valence-electron chi connectivity index (χ4n) is 4.72. The summed E-state index contributed by atoms with van der Waals surface area (Å²) in [5, 5.41) is 0. The van der Waals surface area contributed by atoms with E-state index in [1.165, 1.54) is 56.9 Å². The molecule has 4 aliphatic rings. The molecule has 0 nitrogen and oxygen atoms in total. The smallest absolute Gasteiger partial charge is 0.0124 e. The van der Waals surface area contributed by atoms with Gasteiger partial charge >= 0.3 is 0 Å². The van der Waals surface area contributed by atoms with E-state index < -0.39 is 0 Å². The first-order chi connectivity index (χ1) is 8.80. The van der Waals surface area contributed by atoms with Crippen LogP contribution in [0.4, 0.5) is 0 Å². The monoisotopic (exact) mass is 242 g/mol. The molecule has 4 atom stereocenters. The molecule has 0 spiro atoms. The molecule has 0 aromatic heterocycles. The van der Waals surface area contributed by atoms with E-state index >= 15 is 0 Å². The zero-order chi connectivity index (χ0) is 12.5. The summed E-state index contributed by atoms with van der Waals surface area (Å²) < 4.78 is 0. The average Bonchev–Trinajstić information content (AvgIpc) is 3.17. The highest BCUT2D eigenvalue weighted by atomic mass is 14.4. The van der Waals surface area contributed by atoms with Crippen LogP contribution in [-0.4, -0.2) is 0 Å². The molecule has 0 N–H and O–H groups in total. The Morgan fingerprint density at radius 1 is 1.00 bits per heavy atom. The molecule has 0 aromatic carbocycles. The molecule has 4 saturated carbocycles. The molecule has 4 bridgehead atoms. The molecule has 0 aliphatic heterocycles. The molecule has 4 unspecified atom stereocenters. The first-order valence-corrected chi connectivity index (χ1v) is 7.84. The molecule has 0 amide bonds. The molecular weight excluding hydrogens is 216 g/mol. The fourth-order valence-corrected chi connectivity index (χ4v) is 4.72. The summed E-state index contributed by atoms with van der Waals surface area (Å²) in [7, 11) is 0. The van der Waals surface area contributed by atoms with Crippen molar-refractivity contribution in [1.82, 2.24) is 0 Å². The van der Waals surface area contributed by atoms with Crippen LogP contribution < -0.4 is 0 Å². The average molecular weight is 242 g/mol. The van der Waals surface area contributed by atoms with Crippen LogP contribution in [0.1, 0.15) is 58.3 Å². The molecule has 4 rings (SSSR count). The second-order valence-electron chi connectivity index (χ2n) is 6.73. The van der Waals surface area contributed by atoms with Gasteiger partial charge in [-0.05, 0) is 87.5 Å². The van der Waals surface area contributed by atoms with Gasteiger partial charge in [0, 0.05) is 0 Å². The maximum Gasteiger partial charge on any atom is -0.0124 e. The lowest BCUT2D eigenvalue weighted by Gasteiger charge is -2.11. The van der Waals surface area contributed by atoms with Gasteiger partial charge in [0.05, 0.1) is 0 Å². The fraction of sp³-hybridized carbons (Fsp3) is 0.722. The molecule has 4 fully saturated rings. The number of allylic oxidation sites excluding steroid dienone is 3. The van der Waals surface area contributed by atoms with Crippen molar-refractivity contribution in [3.63, 3.8) is 0 Å². The molecule has 0 heterocycles. The van der Waals surface area contributed by atoms with Gasteiger partial charge in [-0.3, -0.25) is 0 Å². The summed E-state index contributed by atoms with van der Waals surface area (Å²) in [6, 6.07) is 0. The van der Waals surface area contributed by atoms with Crippen molar-refractivity contribution in [1.29, 1.82) is 0 Å². The molecule has 0 aromatic rings. The highest BCUT2D eigenvalue weighted by molar-refractivity contribution is 5.15. The summed E-state index contributed by atoms with van der Waals surface area (Å²) >= 11 is 0. The molecule has 18 heavy (non-hydrogen) atoms. The van der Waals surface area contributed by atoms with Crippen LogP contribution in [-0.2, 0) is 0 Å². The van der Waals surface area contributed by atoms with Gasteiger partial charge < -0.3 is 0 Å². The Balaban J connectivity index is 0.000000111. The lowest BCUT2D eigenvalue weighted by molar-refractivity contribution is 0.560. The largest absolute Gasteiger partial charge is 0.129 e. The Hall–Kier alpha value is -0.740. The van der Waals surface area contributed by atoms with Crippen LogP contribution in [0, 0.1) is 23.7 Å². The quantitative estimate of drug-likeness (QED) is 0.401. The van der Waals surface area contributed by atoms with Crippen molar-refractivity contribution in [3.05, 3.63) is 29.5 Å². The standard InChI is InChI=1S/C9H14.C9H12/c2*1-2-8-5-7-3-4-9(8)6-7/h2,7,9H,3-6H2,1H3;7,9H,1,3-6H2/b8-2+;. The lowest BCUT2D eigenvalue weighted by Crippen LogP contribution is -1.96. The van der Waals surface area contributed by atoms with Crippen LogP contribution in [0.2, 0.25) is 0 Å². The zero-order valence-electron chi connectivity index (χ0n) is 11.8. The maximum absolute atomic E-state index is 3.70. The Morgan fingerprint density at radius 3 is 1.94 bits per heavy atom. The highest BCUT2D eigenvalue weighted by Gasteiger charge is 2.35. The van der Waals surface area contributed by atoms with Crippen molar-refractivity contribution in [2.45, 2.75) is 58.3 Å². The van der Waals surface area contributed by atoms with E-state index in [2.05, 4.69) is 25.3 Å². The number of hydrogen-bond acceptors (Lipinski definition) is 0. The minimum absolute atomic E-state index is 0.896. The van der Waals surface area contributed by atoms with Gasteiger partial charge in [0.25, 0.3) is 0 Å². The normalized spacial score (nSPS) is 42.1. The Kier molecular flexibility index (Phi) is 3.48.